The highest BCUT2D eigenvalue weighted by Crippen LogP contribution is 2.23. The number of aliphatic hydroxyl groups excluding tert-OH is 1. The van der Waals surface area contributed by atoms with Gasteiger partial charge in [0.1, 0.15) is 0 Å². The van der Waals surface area contributed by atoms with Crippen LogP contribution in [0.5, 0.6) is 0 Å². The Morgan fingerprint density at radius 1 is 1.44 bits per heavy atom. The number of hydrogen-bond acceptors (Lipinski definition) is 1. The molecule has 1 fully saturated rings. The third kappa shape index (κ3) is 1.83. The van der Waals surface area contributed by atoms with E-state index in [9.17, 15) is 0 Å². The summed E-state index contributed by atoms with van der Waals surface area (Å²) in [7, 11) is 0. The predicted octanol–water partition coefficient (Wildman–Crippen LogP) is 1.53. The summed E-state index contributed by atoms with van der Waals surface area (Å²) in [6, 6.07) is 0. The van der Waals surface area contributed by atoms with Gasteiger partial charge in [-0.3, -0.25) is 0 Å². The fourth-order valence-corrected chi connectivity index (χ4v) is 1.35. The van der Waals surface area contributed by atoms with Crippen LogP contribution in [0, 0.1) is 12.0 Å². The lowest BCUT2D eigenvalue weighted by Gasteiger charge is -2.22. The lowest BCUT2D eigenvalue weighted by molar-refractivity contribution is 0.112. The molecule has 0 aromatic rings. The molecule has 0 aliphatic heterocycles. The highest BCUT2D eigenvalue weighted by atomic mass is 16.3. The average molecular weight is 125 g/mol. The minimum absolute atomic E-state index is 0.0852. The standard InChI is InChI=1S/C8H13O/c1-2-7-4-3-5-8(9)6-7/h7-9H,1,3-6H2. The van der Waals surface area contributed by atoms with Crippen LogP contribution >= 0.6 is 0 Å². The second-order valence-electron chi connectivity index (χ2n) is 2.72. The van der Waals surface area contributed by atoms with Crippen LogP contribution in [0.1, 0.15) is 25.7 Å². The molecule has 0 spiro atoms. The van der Waals surface area contributed by atoms with Crippen molar-refractivity contribution < 1.29 is 5.11 Å². The summed E-state index contributed by atoms with van der Waals surface area (Å²) >= 11 is 0. The first-order valence-electron chi connectivity index (χ1n) is 3.53. The van der Waals surface area contributed by atoms with Crippen molar-refractivity contribution in [2.24, 2.45) is 5.92 Å². The molecule has 1 aliphatic carbocycles. The summed E-state index contributed by atoms with van der Waals surface area (Å²) in [5.74, 6) is 0.453. The number of hydrogen-bond donors (Lipinski definition) is 1. The third-order valence-electron chi connectivity index (χ3n) is 1.94. The van der Waals surface area contributed by atoms with Gasteiger partial charge in [0.25, 0.3) is 0 Å². The van der Waals surface area contributed by atoms with Crippen molar-refractivity contribution in [3.8, 4) is 0 Å². The number of aliphatic hydroxyl groups is 1. The molecule has 0 aromatic carbocycles. The van der Waals surface area contributed by atoms with E-state index in [-0.39, 0.29) is 6.10 Å². The van der Waals surface area contributed by atoms with E-state index in [1.54, 1.807) is 0 Å². The normalized spacial score (nSPS) is 36.1. The zero-order chi connectivity index (χ0) is 6.69. The van der Waals surface area contributed by atoms with Crippen LogP contribution in [-0.2, 0) is 0 Å². The topological polar surface area (TPSA) is 20.2 Å². The van der Waals surface area contributed by atoms with Crippen molar-refractivity contribution in [3.05, 3.63) is 12.7 Å². The van der Waals surface area contributed by atoms with Crippen LogP contribution in [-0.4, -0.2) is 11.2 Å². The van der Waals surface area contributed by atoms with Gasteiger partial charge in [0.15, 0.2) is 0 Å². The maximum absolute atomic E-state index is 9.14. The Kier molecular flexibility index (Phi) is 2.29. The molecule has 1 nitrogen and oxygen atoms in total. The molecule has 0 bridgehead atoms. The van der Waals surface area contributed by atoms with Crippen molar-refractivity contribution in [3.63, 3.8) is 0 Å². The van der Waals surface area contributed by atoms with Crippen LogP contribution in [0.3, 0.4) is 0 Å². The van der Waals surface area contributed by atoms with Crippen molar-refractivity contribution in [2.75, 3.05) is 0 Å². The summed E-state index contributed by atoms with van der Waals surface area (Å²) in [6.07, 6.45) is 6.99. The Morgan fingerprint density at radius 2 is 2.22 bits per heavy atom. The fraction of sp³-hybridized carbons (Fsp3) is 0.750. The van der Waals surface area contributed by atoms with Crippen molar-refractivity contribution in [1.29, 1.82) is 0 Å². The first-order valence-corrected chi connectivity index (χ1v) is 3.53. The van der Waals surface area contributed by atoms with Crippen molar-refractivity contribution in [2.45, 2.75) is 31.8 Å². The monoisotopic (exact) mass is 125 g/mol. The summed E-state index contributed by atoms with van der Waals surface area (Å²) < 4.78 is 0. The number of allylic oxidation sites excluding steroid dienone is 1. The summed E-state index contributed by atoms with van der Waals surface area (Å²) in [6.45, 7) is 3.58. The van der Waals surface area contributed by atoms with E-state index in [1.165, 1.54) is 6.42 Å². The first-order chi connectivity index (χ1) is 4.33. The summed E-state index contributed by atoms with van der Waals surface area (Å²) in [5, 5.41) is 9.14. The van der Waals surface area contributed by atoms with E-state index in [2.05, 4.69) is 12.7 Å². The molecular weight excluding hydrogens is 112 g/mol. The van der Waals surface area contributed by atoms with Gasteiger partial charge in [0.2, 0.25) is 0 Å². The molecule has 2 unspecified atom stereocenters. The quantitative estimate of drug-likeness (QED) is 0.563. The van der Waals surface area contributed by atoms with Gasteiger partial charge >= 0.3 is 0 Å². The van der Waals surface area contributed by atoms with Gasteiger partial charge in [-0.25, -0.2) is 0 Å². The Bertz CT molecular complexity index is 98.7. The van der Waals surface area contributed by atoms with Crippen LogP contribution in [0.25, 0.3) is 0 Å². The molecule has 2 atom stereocenters. The second-order valence-corrected chi connectivity index (χ2v) is 2.72. The predicted molar refractivity (Wildman–Crippen MR) is 36.8 cm³/mol. The summed E-state index contributed by atoms with van der Waals surface area (Å²) in [4.78, 5) is 0. The van der Waals surface area contributed by atoms with Crippen LogP contribution in [0.4, 0.5) is 0 Å². The van der Waals surface area contributed by atoms with Gasteiger partial charge in [-0.05, 0) is 31.3 Å². The molecule has 1 aliphatic rings. The molecule has 9 heavy (non-hydrogen) atoms. The maximum Gasteiger partial charge on any atom is 0.0546 e. The molecule has 1 radical (unpaired) electrons. The molecule has 0 amide bonds. The van der Waals surface area contributed by atoms with E-state index < -0.39 is 0 Å². The Morgan fingerprint density at radius 3 is 2.67 bits per heavy atom. The van der Waals surface area contributed by atoms with E-state index >= 15 is 0 Å². The van der Waals surface area contributed by atoms with Crippen LogP contribution in [0.2, 0.25) is 0 Å². The minimum atomic E-state index is -0.0852. The maximum atomic E-state index is 9.14. The van der Waals surface area contributed by atoms with E-state index in [4.69, 9.17) is 5.11 Å². The molecule has 0 aromatic heterocycles. The van der Waals surface area contributed by atoms with Crippen molar-refractivity contribution >= 4 is 0 Å². The zero-order valence-corrected chi connectivity index (χ0v) is 5.64. The summed E-state index contributed by atoms with van der Waals surface area (Å²) in [5.41, 5.74) is 0. The highest BCUT2D eigenvalue weighted by Gasteiger charge is 2.16. The zero-order valence-electron chi connectivity index (χ0n) is 5.64. The first kappa shape index (κ1) is 6.81. The van der Waals surface area contributed by atoms with Gasteiger partial charge in [-0.1, -0.05) is 13.0 Å². The molecule has 1 rings (SSSR count). The lowest BCUT2D eigenvalue weighted by atomic mass is 9.87. The highest BCUT2D eigenvalue weighted by molar-refractivity contribution is 4.78. The molecule has 1 saturated carbocycles. The second kappa shape index (κ2) is 3.02. The third-order valence-corrected chi connectivity index (χ3v) is 1.94. The van der Waals surface area contributed by atoms with Crippen molar-refractivity contribution in [1.82, 2.24) is 0 Å². The van der Waals surface area contributed by atoms with Gasteiger partial charge in [-0.15, -0.1) is 0 Å². The van der Waals surface area contributed by atoms with Gasteiger partial charge in [-0.2, -0.15) is 0 Å². The Balaban J connectivity index is 2.31. The molecule has 0 heterocycles. The van der Waals surface area contributed by atoms with Gasteiger partial charge in [0.05, 0.1) is 6.10 Å². The van der Waals surface area contributed by atoms with Crippen LogP contribution < -0.4 is 0 Å². The van der Waals surface area contributed by atoms with E-state index in [1.807, 2.05) is 0 Å². The molecule has 1 N–H and O–H groups in total. The minimum Gasteiger partial charge on any atom is -0.393 e. The molecule has 0 saturated heterocycles. The van der Waals surface area contributed by atoms with Gasteiger partial charge in [0, 0.05) is 0 Å². The average Bonchev–Trinajstić information content (AvgIpc) is 1.88. The molecule has 51 valence electrons. The van der Waals surface area contributed by atoms with Gasteiger partial charge < -0.3 is 5.11 Å². The fourth-order valence-electron chi connectivity index (χ4n) is 1.35. The van der Waals surface area contributed by atoms with E-state index in [0.29, 0.717) is 5.92 Å². The van der Waals surface area contributed by atoms with Crippen LogP contribution in [0.15, 0.2) is 6.58 Å². The molecule has 1 heteroatoms. The Labute approximate surface area is 56.4 Å². The Hall–Kier alpha value is -0.300. The lowest BCUT2D eigenvalue weighted by Crippen LogP contribution is -2.17. The smallest absolute Gasteiger partial charge is 0.0546 e. The van der Waals surface area contributed by atoms with E-state index in [0.717, 1.165) is 19.3 Å². The largest absolute Gasteiger partial charge is 0.393 e. The SMILES string of the molecule is C=[C]C1CCCC(O)C1. The molecular formula is C8H13O. The number of rotatable bonds is 1.